The summed E-state index contributed by atoms with van der Waals surface area (Å²) in [5.41, 5.74) is -0.0242. The molecule has 2 aliphatic heterocycles. The number of ketones is 1. The summed E-state index contributed by atoms with van der Waals surface area (Å²) in [5.74, 6) is -3.42. The third-order valence-corrected chi connectivity index (χ3v) is 10.4. The van der Waals surface area contributed by atoms with Crippen molar-refractivity contribution < 1.29 is 37.1 Å². The van der Waals surface area contributed by atoms with E-state index in [1.165, 1.54) is 35.3 Å². The van der Waals surface area contributed by atoms with Crippen molar-refractivity contribution in [2.45, 2.75) is 69.0 Å². The molecule has 3 atom stereocenters. The molecule has 49 heavy (non-hydrogen) atoms. The van der Waals surface area contributed by atoms with Gasteiger partial charge in [-0.15, -0.1) is 0 Å². The summed E-state index contributed by atoms with van der Waals surface area (Å²) in [7, 11) is -4.21. The number of carbonyl (C=O) groups excluding carboxylic acids is 5. The van der Waals surface area contributed by atoms with Crippen LogP contribution in [-0.4, -0.2) is 79.2 Å². The fraction of sp³-hybridized carbons (Fsp3) is 0.382. The SMILES string of the molecule is CC(C)C[C@H](NC(=O)[C@@H]1CCCN2C(=O)CC[C@H](NS(=O)(=O)c3ccc4ccccc4c3)C(=O)N12)C(=O)COC(=O)c1cc(Cl)ccc1Cl. The monoisotopic (exact) mass is 730 g/mol. The van der Waals surface area contributed by atoms with Crippen LogP contribution >= 0.6 is 23.2 Å². The largest absolute Gasteiger partial charge is 0.454 e. The lowest BCUT2D eigenvalue weighted by atomic mass is 9.99. The van der Waals surface area contributed by atoms with E-state index in [-0.39, 0.29) is 58.7 Å². The van der Waals surface area contributed by atoms with Crippen molar-refractivity contribution in [1.82, 2.24) is 20.1 Å². The average molecular weight is 732 g/mol. The second-order valence-electron chi connectivity index (χ2n) is 12.4. The molecule has 260 valence electrons. The molecule has 0 spiro atoms. The maximum Gasteiger partial charge on any atom is 0.340 e. The van der Waals surface area contributed by atoms with Gasteiger partial charge in [0.25, 0.3) is 5.91 Å². The molecule has 3 aromatic carbocycles. The predicted molar refractivity (Wildman–Crippen MR) is 182 cm³/mol. The number of Topliss-reactive ketones (excluding diaryl/α,β-unsaturated/α-hetero) is 1. The van der Waals surface area contributed by atoms with Crippen molar-refractivity contribution in [3.8, 4) is 0 Å². The molecule has 2 aliphatic rings. The van der Waals surface area contributed by atoms with Gasteiger partial charge in [-0.25, -0.2) is 18.2 Å². The van der Waals surface area contributed by atoms with Crippen LogP contribution in [0.2, 0.25) is 10.0 Å². The molecule has 0 saturated carbocycles. The Morgan fingerprint density at radius 3 is 2.45 bits per heavy atom. The van der Waals surface area contributed by atoms with Crippen LogP contribution in [0.1, 0.15) is 56.3 Å². The number of esters is 1. The molecular weight excluding hydrogens is 695 g/mol. The molecule has 3 aromatic rings. The minimum absolute atomic E-state index is 0.0242. The Hall–Kier alpha value is -4.04. The van der Waals surface area contributed by atoms with Crippen molar-refractivity contribution in [2.75, 3.05) is 13.2 Å². The first kappa shape index (κ1) is 36.2. The first-order valence-electron chi connectivity index (χ1n) is 15.8. The fourth-order valence-electron chi connectivity index (χ4n) is 5.95. The van der Waals surface area contributed by atoms with Gasteiger partial charge in [-0.2, -0.15) is 4.72 Å². The maximum absolute atomic E-state index is 14.0. The number of amides is 3. The molecular formula is C34H36Cl2N4O8S. The van der Waals surface area contributed by atoms with Gasteiger partial charge < -0.3 is 10.1 Å². The highest BCUT2D eigenvalue weighted by Gasteiger charge is 2.45. The molecule has 2 saturated heterocycles. The van der Waals surface area contributed by atoms with E-state index in [2.05, 4.69) is 10.0 Å². The minimum Gasteiger partial charge on any atom is -0.454 e. The predicted octanol–water partition coefficient (Wildman–Crippen LogP) is 4.28. The second-order valence-corrected chi connectivity index (χ2v) is 15.0. The topological polar surface area (TPSA) is 159 Å². The zero-order valence-electron chi connectivity index (χ0n) is 26.9. The second kappa shape index (κ2) is 15.2. The number of benzene rings is 3. The van der Waals surface area contributed by atoms with Crippen LogP contribution in [0, 0.1) is 5.92 Å². The Balaban J connectivity index is 1.32. The highest BCUT2D eigenvalue weighted by molar-refractivity contribution is 7.89. The van der Waals surface area contributed by atoms with Gasteiger partial charge in [-0.05, 0) is 72.7 Å². The van der Waals surface area contributed by atoms with Crippen LogP contribution < -0.4 is 10.0 Å². The number of nitrogens with one attached hydrogen (secondary N) is 2. The average Bonchev–Trinajstić information content (AvgIpc) is 3.19. The number of fused-ring (bicyclic) bond motifs is 2. The number of hydrogen-bond acceptors (Lipinski definition) is 8. The van der Waals surface area contributed by atoms with Gasteiger partial charge in [-0.1, -0.05) is 67.4 Å². The minimum atomic E-state index is -4.21. The number of halogens is 2. The van der Waals surface area contributed by atoms with Gasteiger partial charge in [0.15, 0.2) is 12.4 Å². The summed E-state index contributed by atoms with van der Waals surface area (Å²) >= 11 is 12.0. The van der Waals surface area contributed by atoms with Gasteiger partial charge in [0.1, 0.15) is 12.1 Å². The molecule has 3 amide bonds. The number of sulfonamides is 1. The summed E-state index contributed by atoms with van der Waals surface area (Å²) in [6.07, 6.45) is 0.510. The van der Waals surface area contributed by atoms with E-state index in [9.17, 15) is 32.4 Å². The van der Waals surface area contributed by atoms with Gasteiger partial charge in [0, 0.05) is 18.0 Å². The van der Waals surface area contributed by atoms with Gasteiger partial charge in [0.2, 0.25) is 21.8 Å². The van der Waals surface area contributed by atoms with E-state index < -0.39 is 64.2 Å². The molecule has 2 fully saturated rings. The lowest BCUT2D eigenvalue weighted by molar-refractivity contribution is -0.176. The molecule has 0 unspecified atom stereocenters. The number of hydrazine groups is 1. The fourth-order valence-corrected chi connectivity index (χ4v) is 7.58. The van der Waals surface area contributed by atoms with Crippen molar-refractivity contribution in [3.63, 3.8) is 0 Å². The van der Waals surface area contributed by atoms with Crippen LogP contribution in [0.25, 0.3) is 10.8 Å². The Morgan fingerprint density at radius 2 is 1.71 bits per heavy atom. The summed E-state index contributed by atoms with van der Waals surface area (Å²) in [4.78, 5) is 66.9. The molecule has 2 heterocycles. The number of hydrogen-bond donors (Lipinski definition) is 2. The highest BCUT2D eigenvalue weighted by atomic mass is 35.5. The molecule has 0 radical (unpaired) electrons. The molecule has 2 N–H and O–H groups in total. The van der Waals surface area contributed by atoms with Crippen LogP contribution in [0.3, 0.4) is 0 Å². The van der Waals surface area contributed by atoms with Crippen molar-refractivity contribution in [1.29, 1.82) is 0 Å². The molecule has 12 nitrogen and oxygen atoms in total. The van der Waals surface area contributed by atoms with Gasteiger partial charge in [-0.3, -0.25) is 24.2 Å². The maximum atomic E-state index is 14.0. The lowest BCUT2D eigenvalue weighted by Gasteiger charge is -2.43. The van der Waals surface area contributed by atoms with Crippen LogP contribution in [0.4, 0.5) is 0 Å². The van der Waals surface area contributed by atoms with E-state index in [4.69, 9.17) is 27.9 Å². The number of rotatable bonds is 11. The zero-order valence-corrected chi connectivity index (χ0v) is 29.2. The number of ether oxygens (including phenoxy) is 1. The molecule has 15 heteroatoms. The van der Waals surface area contributed by atoms with E-state index in [0.717, 1.165) is 10.4 Å². The van der Waals surface area contributed by atoms with E-state index in [0.29, 0.717) is 11.8 Å². The molecule has 0 bridgehead atoms. The lowest BCUT2D eigenvalue weighted by Crippen LogP contribution is -2.64. The molecule has 5 rings (SSSR count). The molecule has 0 aliphatic carbocycles. The third kappa shape index (κ3) is 8.41. The first-order chi connectivity index (χ1) is 23.2. The van der Waals surface area contributed by atoms with Crippen molar-refractivity contribution in [2.24, 2.45) is 5.92 Å². The standard InChI is InChI=1S/C34H36Cl2N4O8S/c1-20(2)16-28(30(41)19-48-34(45)25-18-23(35)10-12-26(25)36)37-32(43)29-8-5-15-39-31(42)14-13-27(33(44)40(29)39)38-49(46,47)24-11-9-21-6-3-4-7-22(21)17-24/h3-4,6-7,9-12,17-18,20,27-29,38H,5,8,13-16,19H2,1-2H3,(H,37,43)/t27-,28-,29-/m0/s1. The highest BCUT2D eigenvalue weighted by Crippen LogP contribution is 2.27. The summed E-state index contributed by atoms with van der Waals surface area (Å²) < 4.78 is 34.6. The third-order valence-electron chi connectivity index (χ3n) is 8.40. The smallest absolute Gasteiger partial charge is 0.340 e. The van der Waals surface area contributed by atoms with Gasteiger partial charge >= 0.3 is 5.97 Å². The molecule has 0 aromatic heterocycles. The van der Waals surface area contributed by atoms with Gasteiger partial charge in [0.05, 0.1) is 21.5 Å². The van der Waals surface area contributed by atoms with Crippen LogP contribution in [-0.2, 0) is 33.9 Å². The van der Waals surface area contributed by atoms with E-state index >= 15 is 0 Å². The Labute approximate surface area is 294 Å². The summed E-state index contributed by atoms with van der Waals surface area (Å²) in [6, 6.07) is 12.4. The van der Waals surface area contributed by atoms with Crippen LogP contribution in [0.15, 0.2) is 65.6 Å². The summed E-state index contributed by atoms with van der Waals surface area (Å²) in [6.45, 7) is 3.18. The Bertz CT molecular complexity index is 1900. The normalized spacial score (nSPS) is 19.0. The summed E-state index contributed by atoms with van der Waals surface area (Å²) in [5, 5.41) is 6.79. The van der Waals surface area contributed by atoms with E-state index in [1.54, 1.807) is 18.2 Å². The Kier molecular flexibility index (Phi) is 11.3. The number of nitrogens with zero attached hydrogens (tertiary/aromatic N) is 2. The van der Waals surface area contributed by atoms with Crippen molar-refractivity contribution >= 4 is 73.5 Å². The first-order valence-corrected chi connectivity index (χ1v) is 18.1. The van der Waals surface area contributed by atoms with E-state index in [1.807, 2.05) is 26.0 Å². The van der Waals surface area contributed by atoms with Crippen LogP contribution in [0.5, 0.6) is 0 Å². The number of carbonyl (C=O) groups is 5. The quantitative estimate of drug-likeness (QED) is 0.277. The van der Waals surface area contributed by atoms with Crippen molar-refractivity contribution in [3.05, 3.63) is 76.3 Å². The Morgan fingerprint density at radius 1 is 0.980 bits per heavy atom. The zero-order chi connectivity index (χ0) is 35.5.